The van der Waals surface area contributed by atoms with E-state index in [0.717, 1.165) is 29.2 Å². The Balaban J connectivity index is 2.02. The van der Waals surface area contributed by atoms with Gasteiger partial charge in [0.05, 0.1) is 5.92 Å². The summed E-state index contributed by atoms with van der Waals surface area (Å²) in [5.74, 6) is 1.45. The third-order valence-corrected chi connectivity index (χ3v) is 4.14. The van der Waals surface area contributed by atoms with Gasteiger partial charge in [-0.3, -0.25) is 4.79 Å². The van der Waals surface area contributed by atoms with Gasteiger partial charge in [0, 0.05) is 12.3 Å². The molecule has 0 spiro atoms. The summed E-state index contributed by atoms with van der Waals surface area (Å²) in [6.07, 6.45) is 1.36. The Kier molecular flexibility index (Phi) is 4.49. The van der Waals surface area contributed by atoms with Crippen molar-refractivity contribution in [2.75, 3.05) is 18.1 Å². The van der Waals surface area contributed by atoms with Crippen LogP contribution in [0.1, 0.15) is 17.9 Å². The number of aliphatic carboxylic acids is 1. The van der Waals surface area contributed by atoms with E-state index in [1.165, 1.54) is 0 Å². The van der Waals surface area contributed by atoms with Gasteiger partial charge in [0.1, 0.15) is 11.9 Å². The molecule has 0 bridgehead atoms. The van der Waals surface area contributed by atoms with E-state index in [2.05, 4.69) is 0 Å². The van der Waals surface area contributed by atoms with Gasteiger partial charge in [0.15, 0.2) is 0 Å². The van der Waals surface area contributed by atoms with E-state index in [0.29, 0.717) is 0 Å². The molecule has 1 aliphatic rings. The van der Waals surface area contributed by atoms with Crippen LogP contribution in [0.3, 0.4) is 0 Å². The molecule has 0 saturated carbocycles. The fourth-order valence-electron chi connectivity index (χ4n) is 1.96. The van der Waals surface area contributed by atoms with Crippen LogP contribution in [0.5, 0.6) is 5.75 Å². The molecule has 1 aromatic rings. The summed E-state index contributed by atoms with van der Waals surface area (Å²) in [4.78, 5) is 11.0. The summed E-state index contributed by atoms with van der Waals surface area (Å²) in [5, 5.41) is 9.01. The Labute approximate surface area is 111 Å². The van der Waals surface area contributed by atoms with E-state index in [1.807, 2.05) is 23.9 Å². The van der Waals surface area contributed by atoms with E-state index in [4.69, 9.17) is 15.6 Å². The zero-order valence-corrected chi connectivity index (χ0v) is 10.9. The predicted molar refractivity (Wildman–Crippen MR) is 72.2 cm³/mol. The molecule has 2 rings (SSSR count). The molecule has 98 valence electrons. The van der Waals surface area contributed by atoms with Crippen LogP contribution in [0.25, 0.3) is 0 Å². The molecule has 0 aromatic heterocycles. The van der Waals surface area contributed by atoms with E-state index < -0.39 is 11.9 Å². The third kappa shape index (κ3) is 3.17. The highest BCUT2D eigenvalue weighted by molar-refractivity contribution is 7.99. The van der Waals surface area contributed by atoms with Gasteiger partial charge in [-0.2, -0.15) is 11.8 Å². The van der Waals surface area contributed by atoms with Crippen LogP contribution in [-0.4, -0.2) is 35.2 Å². The minimum atomic E-state index is -0.890. The summed E-state index contributed by atoms with van der Waals surface area (Å²) < 4.78 is 5.80. The van der Waals surface area contributed by atoms with Crippen molar-refractivity contribution in [2.45, 2.75) is 18.4 Å². The molecule has 0 aliphatic carbocycles. The van der Waals surface area contributed by atoms with Crippen molar-refractivity contribution in [3.63, 3.8) is 0 Å². The second kappa shape index (κ2) is 6.11. The maximum absolute atomic E-state index is 11.0. The molecule has 0 radical (unpaired) electrons. The zero-order valence-electron chi connectivity index (χ0n) is 10.0. The van der Waals surface area contributed by atoms with Crippen LogP contribution >= 0.6 is 11.8 Å². The first-order valence-electron chi connectivity index (χ1n) is 5.98. The third-order valence-electron chi connectivity index (χ3n) is 3.01. The van der Waals surface area contributed by atoms with Crippen molar-refractivity contribution >= 4 is 17.7 Å². The first-order valence-corrected chi connectivity index (χ1v) is 7.13. The Bertz CT molecular complexity index is 401. The number of carboxylic acids is 1. The Hall–Kier alpha value is -1.20. The van der Waals surface area contributed by atoms with E-state index in [-0.39, 0.29) is 12.6 Å². The molecule has 2 atom stereocenters. The van der Waals surface area contributed by atoms with Crippen LogP contribution in [0.15, 0.2) is 24.3 Å². The van der Waals surface area contributed by atoms with Crippen LogP contribution < -0.4 is 10.5 Å². The number of carbonyl (C=O) groups is 1. The lowest BCUT2D eigenvalue weighted by Crippen LogP contribution is -2.21. The SMILES string of the molecule is NCC(C(=O)O)c1ccc(OC2CCSC2)cc1. The van der Waals surface area contributed by atoms with Gasteiger partial charge < -0.3 is 15.6 Å². The zero-order chi connectivity index (χ0) is 13.0. The van der Waals surface area contributed by atoms with Crippen LogP contribution in [0.4, 0.5) is 0 Å². The Morgan fingerprint density at radius 3 is 2.72 bits per heavy atom. The molecule has 3 N–H and O–H groups in total. The molecule has 1 fully saturated rings. The minimum Gasteiger partial charge on any atom is -0.490 e. The predicted octanol–water partition coefficient (Wildman–Crippen LogP) is 1.70. The molecular weight excluding hydrogens is 250 g/mol. The lowest BCUT2D eigenvalue weighted by atomic mass is 9.99. The summed E-state index contributed by atoms with van der Waals surface area (Å²) in [6, 6.07) is 7.21. The van der Waals surface area contributed by atoms with Gasteiger partial charge in [-0.05, 0) is 29.9 Å². The average Bonchev–Trinajstić information content (AvgIpc) is 2.84. The number of nitrogens with two attached hydrogens (primary N) is 1. The van der Waals surface area contributed by atoms with Gasteiger partial charge >= 0.3 is 5.97 Å². The molecule has 1 aromatic carbocycles. The highest BCUT2D eigenvalue weighted by Crippen LogP contribution is 2.24. The van der Waals surface area contributed by atoms with Gasteiger partial charge in [-0.1, -0.05) is 12.1 Å². The molecule has 1 aliphatic heterocycles. The normalized spacial score (nSPS) is 20.6. The van der Waals surface area contributed by atoms with Crippen molar-refractivity contribution in [1.29, 1.82) is 0 Å². The smallest absolute Gasteiger partial charge is 0.312 e. The maximum atomic E-state index is 11.0. The highest BCUT2D eigenvalue weighted by Gasteiger charge is 2.19. The maximum Gasteiger partial charge on any atom is 0.312 e. The molecule has 5 heteroatoms. The number of carboxylic acid groups (broad SMARTS) is 1. The van der Waals surface area contributed by atoms with E-state index >= 15 is 0 Å². The molecule has 2 unspecified atom stereocenters. The standard InChI is InChI=1S/C13H17NO3S/c14-7-12(13(15)16)9-1-3-10(4-2-9)17-11-5-6-18-8-11/h1-4,11-12H,5-8,14H2,(H,15,16). The topological polar surface area (TPSA) is 72.6 Å². The van der Waals surface area contributed by atoms with Crippen molar-refractivity contribution in [2.24, 2.45) is 5.73 Å². The number of ether oxygens (including phenoxy) is 1. The monoisotopic (exact) mass is 267 g/mol. The number of thioether (sulfide) groups is 1. The second-order valence-electron chi connectivity index (χ2n) is 4.30. The Morgan fingerprint density at radius 2 is 2.22 bits per heavy atom. The lowest BCUT2D eigenvalue weighted by Gasteiger charge is -2.14. The summed E-state index contributed by atoms with van der Waals surface area (Å²) in [5.41, 5.74) is 6.18. The Morgan fingerprint density at radius 1 is 1.50 bits per heavy atom. The van der Waals surface area contributed by atoms with Crippen molar-refractivity contribution in [1.82, 2.24) is 0 Å². The van der Waals surface area contributed by atoms with E-state index in [1.54, 1.807) is 12.1 Å². The number of hydrogen-bond donors (Lipinski definition) is 2. The minimum absolute atomic E-state index is 0.106. The van der Waals surface area contributed by atoms with Crippen molar-refractivity contribution in [3.8, 4) is 5.75 Å². The van der Waals surface area contributed by atoms with Gasteiger partial charge in [0.25, 0.3) is 0 Å². The molecule has 1 saturated heterocycles. The number of rotatable bonds is 5. The van der Waals surface area contributed by atoms with Crippen molar-refractivity contribution < 1.29 is 14.6 Å². The largest absolute Gasteiger partial charge is 0.490 e. The molecule has 0 amide bonds. The van der Waals surface area contributed by atoms with E-state index in [9.17, 15) is 4.79 Å². The molecule has 1 heterocycles. The highest BCUT2D eigenvalue weighted by atomic mass is 32.2. The number of hydrogen-bond acceptors (Lipinski definition) is 4. The summed E-state index contributed by atoms with van der Waals surface area (Å²) in [7, 11) is 0. The van der Waals surface area contributed by atoms with Crippen LogP contribution in [-0.2, 0) is 4.79 Å². The quantitative estimate of drug-likeness (QED) is 0.849. The second-order valence-corrected chi connectivity index (χ2v) is 5.45. The fourth-order valence-corrected chi connectivity index (χ4v) is 3.05. The fraction of sp³-hybridized carbons (Fsp3) is 0.462. The molecular formula is C13H17NO3S. The molecule has 18 heavy (non-hydrogen) atoms. The lowest BCUT2D eigenvalue weighted by molar-refractivity contribution is -0.138. The first-order chi connectivity index (χ1) is 8.70. The summed E-state index contributed by atoms with van der Waals surface area (Å²) >= 11 is 1.90. The van der Waals surface area contributed by atoms with Gasteiger partial charge in [-0.25, -0.2) is 0 Å². The average molecular weight is 267 g/mol. The van der Waals surface area contributed by atoms with Crippen molar-refractivity contribution in [3.05, 3.63) is 29.8 Å². The first kappa shape index (κ1) is 13.2. The van der Waals surface area contributed by atoms with Gasteiger partial charge in [0.2, 0.25) is 0 Å². The van der Waals surface area contributed by atoms with Gasteiger partial charge in [-0.15, -0.1) is 0 Å². The number of benzene rings is 1. The summed E-state index contributed by atoms with van der Waals surface area (Å²) in [6.45, 7) is 0.106. The van der Waals surface area contributed by atoms with Crippen LogP contribution in [0, 0.1) is 0 Å². The molecule has 4 nitrogen and oxygen atoms in total. The van der Waals surface area contributed by atoms with Crippen LogP contribution in [0.2, 0.25) is 0 Å².